The topological polar surface area (TPSA) is 59.4 Å². The van der Waals surface area contributed by atoms with Gasteiger partial charge in [-0.3, -0.25) is 4.79 Å². The number of rotatable bonds is 3. The fourth-order valence-corrected chi connectivity index (χ4v) is 2.77. The number of carbonyl (C=O) groups excluding carboxylic acids is 1. The van der Waals surface area contributed by atoms with Crippen molar-refractivity contribution < 1.29 is 9.53 Å². The number of carbonyl (C=O) groups is 1. The van der Waals surface area contributed by atoms with Crippen LogP contribution < -0.4 is 10.1 Å². The van der Waals surface area contributed by atoms with Gasteiger partial charge in [-0.15, -0.1) is 0 Å². The lowest BCUT2D eigenvalue weighted by Crippen LogP contribution is -2.49. The Morgan fingerprint density at radius 2 is 2.14 bits per heavy atom. The maximum atomic E-state index is 12.8. The summed E-state index contributed by atoms with van der Waals surface area (Å²) < 4.78 is 6.96. The molecule has 1 N–H and O–H groups in total. The molecule has 1 aliphatic rings. The third-order valence-electron chi connectivity index (χ3n) is 4.02. The summed E-state index contributed by atoms with van der Waals surface area (Å²) in [6, 6.07) is 7.87. The molecule has 1 unspecified atom stereocenters. The van der Waals surface area contributed by atoms with Crippen LogP contribution in [-0.4, -0.2) is 47.1 Å². The Morgan fingerprint density at radius 3 is 2.77 bits per heavy atom. The second-order valence-corrected chi connectivity index (χ2v) is 5.35. The van der Waals surface area contributed by atoms with Crippen molar-refractivity contribution in [3.05, 3.63) is 48.0 Å². The van der Waals surface area contributed by atoms with E-state index in [9.17, 15) is 4.79 Å². The number of amides is 1. The molecule has 22 heavy (non-hydrogen) atoms. The quantitative estimate of drug-likeness (QED) is 0.926. The van der Waals surface area contributed by atoms with Crippen molar-refractivity contribution in [2.45, 2.75) is 6.04 Å². The number of hydrogen-bond donors (Lipinski definition) is 1. The minimum atomic E-state index is -0.0326. The van der Waals surface area contributed by atoms with Crippen LogP contribution in [0.1, 0.15) is 22.2 Å². The Morgan fingerprint density at radius 1 is 1.36 bits per heavy atom. The van der Waals surface area contributed by atoms with Gasteiger partial charge in [-0.05, 0) is 17.7 Å². The summed E-state index contributed by atoms with van der Waals surface area (Å²) in [7, 11) is 3.49. The second-order valence-electron chi connectivity index (χ2n) is 5.35. The van der Waals surface area contributed by atoms with Gasteiger partial charge in [0.15, 0.2) is 5.82 Å². The predicted molar refractivity (Wildman–Crippen MR) is 82.8 cm³/mol. The highest BCUT2D eigenvalue weighted by molar-refractivity contribution is 5.91. The minimum absolute atomic E-state index is 0.00357. The van der Waals surface area contributed by atoms with Crippen LogP contribution in [0.25, 0.3) is 0 Å². The summed E-state index contributed by atoms with van der Waals surface area (Å²) in [6.45, 7) is 2.20. The molecule has 116 valence electrons. The van der Waals surface area contributed by atoms with Crippen LogP contribution in [-0.2, 0) is 7.05 Å². The summed E-state index contributed by atoms with van der Waals surface area (Å²) >= 11 is 0. The van der Waals surface area contributed by atoms with Crippen LogP contribution in [0.4, 0.5) is 0 Å². The lowest BCUT2D eigenvalue weighted by Gasteiger charge is -2.36. The number of piperazine rings is 1. The van der Waals surface area contributed by atoms with Crippen LogP contribution in [0.5, 0.6) is 5.75 Å². The molecule has 3 rings (SSSR count). The highest BCUT2D eigenvalue weighted by Gasteiger charge is 2.30. The molecule has 2 heterocycles. The summed E-state index contributed by atoms with van der Waals surface area (Å²) in [4.78, 5) is 18.8. The first-order valence-corrected chi connectivity index (χ1v) is 7.33. The van der Waals surface area contributed by atoms with Gasteiger partial charge in [-0.2, -0.15) is 0 Å². The van der Waals surface area contributed by atoms with E-state index in [2.05, 4.69) is 10.3 Å². The van der Waals surface area contributed by atoms with Crippen molar-refractivity contribution in [3.8, 4) is 5.75 Å². The Bertz CT molecular complexity index is 650. The first kappa shape index (κ1) is 14.6. The number of nitrogens with one attached hydrogen (secondary N) is 1. The molecule has 1 aliphatic heterocycles. The van der Waals surface area contributed by atoms with Crippen LogP contribution in [0.3, 0.4) is 0 Å². The molecule has 6 heteroatoms. The van der Waals surface area contributed by atoms with Gasteiger partial charge in [-0.25, -0.2) is 4.98 Å². The van der Waals surface area contributed by atoms with Crippen LogP contribution >= 0.6 is 0 Å². The molecule has 0 bridgehead atoms. The number of imidazole rings is 1. The highest BCUT2D eigenvalue weighted by Crippen LogP contribution is 2.25. The van der Waals surface area contributed by atoms with Crippen molar-refractivity contribution in [2.75, 3.05) is 26.7 Å². The Balaban J connectivity index is 1.87. The first-order valence-electron chi connectivity index (χ1n) is 7.33. The predicted octanol–water partition coefficient (Wildman–Crippen LogP) is 1.22. The number of ether oxygens (including phenoxy) is 1. The van der Waals surface area contributed by atoms with E-state index < -0.39 is 0 Å². The van der Waals surface area contributed by atoms with E-state index >= 15 is 0 Å². The van der Waals surface area contributed by atoms with Gasteiger partial charge in [0.1, 0.15) is 5.75 Å². The van der Waals surface area contributed by atoms with Crippen molar-refractivity contribution in [3.63, 3.8) is 0 Å². The number of methoxy groups -OCH3 is 1. The number of nitrogens with zero attached hydrogens (tertiary/aromatic N) is 3. The van der Waals surface area contributed by atoms with Gasteiger partial charge in [0.05, 0.1) is 13.2 Å². The molecule has 0 aliphatic carbocycles. The number of hydrogen-bond acceptors (Lipinski definition) is 4. The molecule has 0 spiro atoms. The lowest BCUT2D eigenvalue weighted by atomic mass is 10.0. The van der Waals surface area contributed by atoms with Crippen molar-refractivity contribution >= 4 is 5.91 Å². The van der Waals surface area contributed by atoms with E-state index in [1.54, 1.807) is 24.1 Å². The molecule has 1 fully saturated rings. The average molecular weight is 300 g/mol. The number of benzene rings is 1. The summed E-state index contributed by atoms with van der Waals surface area (Å²) in [5.74, 6) is 1.25. The fraction of sp³-hybridized carbons (Fsp3) is 0.375. The molecular formula is C16H20N4O2. The molecule has 2 aromatic rings. The first-order chi connectivity index (χ1) is 10.7. The third kappa shape index (κ3) is 2.69. The molecule has 1 aromatic carbocycles. The Kier molecular flexibility index (Phi) is 4.11. The largest absolute Gasteiger partial charge is 0.497 e. The van der Waals surface area contributed by atoms with Gasteiger partial charge >= 0.3 is 0 Å². The standard InChI is InChI=1S/C16H20N4O2/c1-19-9-8-18-15(19)16(21)20-10-7-17-11-14(20)12-3-5-13(22-2)6-4-12/h3-6,8-9,14,17H,7,10-11H2,1-2H3. The molecule has 1 aromatic heterocycles. The van der Waals surface area contributed by atoms with E-state index in [4.69, 9.17) is 4.74 Å². The van der Waals surface area contributed by atoms with Crippen LogP contribution in [0.15, 0.2) is 36.7 Å². The monoisotopic (exact) mass is 300 g/mol. The van der Waals surface area contributed by atoms with Crippen LogP contribution in [0, 0.1) is 0 Å². The summed E-state index contributed by atoms with van der Waals surface area (Å²) in [5, 5.41) is 3.35. The van der Waals surface area contributed by atoms with Crippen molar-refractivity contribution in [1.29, 1.82) is 0 Å². The maximum absolute atomic E-state index is 12.8. The zero-order valence-corrected chi connectivity index (χ0v) is 12.8. The van der Waals surface area contributed by atoms with Crippen LogP contribution in [0.2, 0.25) is 0 Å². The molecule has 1 amide bonds. The van der Waals surface area contributed by atoms with E-state index in [1.807, 2.05) is 36.2 Å². The maximum Gasteiger partial charge on any atom is 0.290 e. The molecule has 6 nitrogen and oxygen atoms in total. The average Bonchev–Trinajstić information content (AvgIpc) is 3.00. The van der Waals surface area contributed by atoms with E-state index in [-0.39, 0.29) is 11.9 Å². The van der Waals surface area contributed by atoms with Crippen molar-refractivity contribution in [2.24, 2.45) is 7.05 Å². The Hall–Kier alpha value is -2.34. The summed E-state index contributed by atoms with van der Waals surface area (Å²) in [6.07, 6.45) is 3.44. The SMILES string of the molecule is COc1ccc(C2CNCCN2C(=O)c2nccn2C)cc1. The van der Waals surface area contributed by atoms with Crippen molar-refractivity contribution in [1.82, 2.24) is 19.8 Å². The summed E-state index contributed by atoms with van der Waals surface area (Å²) in [5.41, 5.74) is 1.09. The smallest absolute Gasteiger partial charge is 0.290 e. The third-order valence-corrected chi connectivity index (χ3v) is 4.02. The highest BCUT2D eigenvalue weighted by atomic mass is 16.5. The second kappa shape index (κ2) is 6.19. The Labute approximate surface area is 129 Å². The van der Waals surface area contributed by atoms with E-state index in [1.165, 1.54) is 0 Å². The molecule has 1 saturated heterocycles. The molecule has 0 radical (unpaired) electrons. The number of aryl methyl sites for hydroxylation is 1. The van der Waals surface area contributed by atoms with Gasteiger partial charge in [0.25, 0.3) is 5.91 Å². The van der Waals surface area contributed by atoms with Gasteiger partial charge in [0, 0.05) is 39.1 Å². The fourth-order valence-electron chi connectivity index (χ4n) is 2.77. The molecule has 0 saturated carbocycles. The lowest BCUT2D eigenvalue weighted by molar-refractivity contribution is 0.0618. The minimum Gasteiger partial charge on any atom is -0.497 e. The van der Waals surface area contributed by atoms with E-state index in [0.29, 0.717) is 12.4 Å². The normalized spacial score (nSPS) is 18.3. The van der Waals surface area contributed by atoms with E-state index in [0.717, 1.165) is 24.4 Å². The number of aromatic nitrogens is 2. The molecule has 1 atom stereocenters. The van der Waals surface area contributed by atoms with Gasteiger partial charge in [-0.1, -0.05) is 12.1 Å². The molecular weight excluding hydrogens is 280 g/mol. The zero-order valence-electron chi connectivity index (χ0n) is 12.8. The van der Waals surface area contributed by atoms with Gasteiger partial charge < -0.3 is 19.5 Å². The zero-order chi connectivity index (χ0) is 15.5. The van der Waals surface area contributed by atoms with Gasteiger partial charge in [0.2, 0.25) is 0 Å².